The number of H-pyrrole nitrogens is 1. The van der Waals surface area contributed by atoms with Gasteiger partial charge in [-0.15, -0.1) is 11.3 Å². The van der Waals surface area contributed by atoms with Crippen LogP contribution < -0.4 is 4.74 Å². The second-order valence-electron chi connectivity index (χ2n) is 4.16. The molecule has 0 fully saturated rings. The molecule has 0 aliphatic rings. The van der Waals surface area contributed by atoms with Crippen LogP contribution in [0.15, 0.2) is 36.5 Å². The Bertz CT molecular complexity index is 696. The Labute approximate surface area is 114 Å². The van der Waals surface area contributed by atoms with Crippen LogP contribution in [-0.2, 0) is 0 Å². The summed E-state index contributed by atoms with van der Waals surface area (Å²) in [6, 6.07) is 1.91. The molecule has 0 radical (unpaired) electrons. The quantitative estimate of drug-likeness (QED) is 0.738. The van der Waals surface area contributed by atoms with Crippen molar-refractivity contribution in [1.82, 2.24) is 15.0 Å². The molecular formula is C14H13N3OS. The van der Waals surface area contributed by atoms with Crippen molar-refractivity contribution in [3.63, 3.8) is 0 Å². The number of aromatic amines is 1. The van der Waals surface area contributed by atoms with E-state index in [9.17, 15) is 0 Å². The molecule has 0 aliphatic heterocycles. The van der Waals surface area contributed by atoms with Crippen molar-refractivity contribution in [2.45, 2.75) is 6.92 Å². The Morgan fingerprint density at radius 1 is 1.53 bits per heavy atom. The van der Waals surface area contributed by atoms with E-state index < -0.39 is 0 Å². The predicted molar refractivity (Wildman–Crippen MR) is 77.6 cm³/mol. The number of ether oxygens (including phenoxy) is 1. The van der Waals surface area contributed by atoms with Gasteiger partial charge < -0.3 is 9.72 Å². The first-order chi connectivity index (χ1) is 9.29. The molecule has 5 heteroatoms. The van der Waals surface area contributed by atoms with Crippen molar-refractivity contribution in [3.05, 3.63) is 42.1 Å². The van der Waals surface area contributed by atoms with Gasteiger partial charge in [-0.25, -0.2) is 4.98 Å². The molecule has 0 spiro atoms. The first-order valence-corrected chi connectivity index (χ1v) is 6.79. The van der Waals surface area contributed by atoms with Crippen LogP contribution >= 0.6 is 11.3 Å². The summed E-state index contributed by atoms with van der Waals surface area (Å²) in [5.41, 5.74) is 4.00. The van der Waals surface area contributed by atoms with Crippen LogP contribution in [0, 0.1) is 6.92 Å². The van der Waals surface area contributed by atoms with Crippen LogP contribution in [0.1, 0.15) is 5.56 Å². The van der Waals surface area contributed by atoms with E-state index in [-0.39, 0.29) is 0 Å². The number of nitrogens with zero attached hydrogens (tertiary/aromatic N) is 2. The molecule has 0 unspecified atom stereocenters. The standard InChI is InChI=1S/C14H13N3OS/c1-3-6-18-14-12(9(2)8-19-14)13-16-10-4-5-15-7-11(10)17-13/h3-5,7-8H,1,6H2,2H3,(H,16,17). The van der Waals surface area contributed by atoms with Gasteiger partial charge in [-0.1, -0.05) is 12.7 Å². The number of aryl methyl sites for hydroxylation is 1. The lowest BCUT2D eigenvalue weighted by Crippen LogP contribution is -1.93. The molecule has 0 aliphatic carbocycles. The van der Waals surface area contributed by atoms with Gasteiger partial charge in [0.1, 0.15) is 17.9 Å². The fourth-order valence-electron chi connectivity index (χ4n) is 1.92. The summed E-state index contributed by atoms with van der Waals surface area (Å²) in [5.74, 6) is 0.820. The van der Waals surface area contributed by atoms with Crippen LogP contribution in [0.2, 0.25) is 0 Å². The van der Waals surface area contributed by atoms with E-state index in [2.05, 4.69) is 33.8 Å². The molecule has 1 N–H and O–H groups in total. The topological polar surface area (TPSA) is 50.8 Å². The zero-order valence-corrected chi connectivity index (χ0v) is 11.3. The SMILES string of the molecule is C=CCOc1scc(C)c1-c1nc2cnccc2[nH]1. The van der Waals surface area contributed by atoms with Crippen LogP contribution in [0.3, 0.4) is 0 Å². The zero-order chi connectivity index (χ0) is 13.2. The number of fused-ring (bicyclic) bond motifs is 1. The van der Waals surface area contributed by atoms with E-state index in [1.165, 1.54) is 0 Å². The monoisotopic (exact) mass is 271 g/mol. The summed E-state index contributed by atoms with van der Waals surface area (Å²) < 4.78 is 5.68. The molecule has 0 bridgehead atoms. The van der Waals surface area contributed by atoms with E-state index >= 15 is 0 Å². The zero-order valence-electron chi connectivity index (χ0n) is 10.5. The van der Waals surface area contributed by atoms with E-state index in [1.54, 1.807) is 29.8 Å². The molecule has 3 heterocycles. The predicted octanol–water partition coefficient (Wildman–Crippen LogP) is 3.56. The minimum atomic E-state index is 0.495. The molecule has 4 nitrogen and oxygen atoms in total. The minimum Gasteiger partial charge on any atom is -0.479 e. The van der Waals surface area contributed by atoms with Gasteiger partial charge in [-0.3, -0.25) is 4.98 Å². The second kappa shape index (κ2) is 4.85. The highest BCUT2D eigenvalue weighted by molar-refractivity contribution is 7.12. The lowest BCUT2D eigenvalue weighted by molar-refractivity contribution is 0.375. The maximum absolute atomic E-state index is 5.68. The van der Waals surface area contributed by atoms with E-state index in [1.807, 2.05) is 6.07 Å². The molecule has 0 amide bonds. The van der Waals surface area contributed by atoms with Gasteiger partial charge in [-0.2, -0.15) is 0 Å². The highest BCUT2D eigenvalue weighted by Gasteiger charge is 2.15. The number of aromatic nitrogens is 3. The number of hydrogen-bond acceptors (Lipinski definition) is 4. The number of thiophene rings is 1. The van der Waals surface area contributed by atoms with Gasteiger partial charge in [0, 0.05) is 6.20 Å². The molecule has 0 aromatic carbocycles. The first-order valence-electron chi connectivity index (χ1n) is 5.91. The number of imidazole rings is 1. The van der Waals surface area contributed by atoms with Crippen molar-refractivity contribution < 1.29 is 4.74 Å². The van der Waals surface area contributed by atoms with Crippen LogP contribution in [0.4, 0.5) is 0 Å². The summed E-state index contributed by atoms with van der Waals surface area (Å²) in [7, 11) is 0. The van der Waals surface area contributed by atoms with Crippen LogP contribution in [0.25, 0.3) is 22.4 Å². The van der Waals surface area contributed by atoms with E-state index in [0.29, 0.717) is 6.61 Å². The van der Waals surface area contributed by atoms with E-state index in [4.69, 9.17) is 4.74 Å². The van der Waals surface area contributed by atoms with Crippen molar-refractivity contribution in [2.24, 2.45) is 0 Å². The van der Waals surface area contributed by atoms with Crippen molar-refractivity contribution in [2.75, 3.05) is 6.61 Å². The molecule has 3 aromatic heterocycles. The van der Waals surface area contributed by atoms with Crippen LogP contribution in [0.5, 0.6) is 5.06 Å². The van der Waals surface area contributed by atoms with Crippen LogP contribution in [-0.4, -0.2) is 21.6 Å². The fourth-order valence-corrected chi connectivity index (χ4v) is 2.83. The molecule has 0 saturated heterocycles. The minimum absolute atomic E-state index is 0.495. The van der Waals surface area contributed by atoms with E-state index in [0.717, 1.165) is 33.0 Å². The van der Waals surface area contributed by atoms with Gasteiger partial charge in [-0.05, 0) is 23.9 Å². The Balaban J connectivity index is 2.09. The van der Waals surface area contributed by atoms with Crippen molar-refractivity contribution in [3.8, 4) is 16.5 Å². The summed E-state index contributed by atoms with van der Waals surface area (Å²) in [6.45, 7) is 6.22. The van der Waals surface area contributed by atoms with Crippen molar-refractivity contribution in [1.29, 1.82) is 0 Å². The summed E-state index contributed by atoms with van der Waals surface area (Å²) in [6.07, 6.45) is 5.24. The number of nitrogens with one attached hydrogen (secondary N) is 1. The molecular weight excluding hydrogens is 258 g/mol. The lowest BCUT2D eigenvalue weighted by Gasteiger charge is -2.03. The van der Waals surface area contributed by atoms with Gasteiger partial charge >= 0.3 is 0 Å². The normalized spacial score (nSPS) is 10.8. The summed E-state index contributed by atoms with van der Waals surface area (Å²) in [4.78, 5) is 12.0. The lowest BCUT2D eigenvalue weighted by atomic mass is 10.2. The first kappa shape index (κ1) is 11.9. The molecule has 3 aromatic rings. The Morgan fingerprint density at radius 3 is 3.21 bits per heavy atom. The third kappa shape index (κ3) is 2.13. The number of hydrogen-bond donors (Lipinski definition) is 1. The average Bonchev–Trinajstić information content (AvgIpc) is 2.99. The highest BCUT2D eigenvalue weighted by atomic mass is 32.1. The molecule has 0 saturated carbocycles. The van der Waals surface area contributed by atoms with Gasteiger partial charge in [0.15, 0.2) is 5.06 Å². The Morgan fingerprint density at radius 2 is 2.42 bits per heavy atom. The average molecular weight is 271 g/mol. The Kier molecular flexibility index (Phi) is 3.05. The number of pyridine rings is 1. The Hall–Kier alpha value is -2.14. The molecule has 0 atom stereocenters. The van der Waals surface area contributed by atoms with Gasteiger partial charge in [0.05, 0.1) is 17.3 Å². The summed E-state index contributed by atoms with van der Waals surface area (Å²) >= 11 is 1.58. The molecule has 3 rings (SSSR count). The largest absolute Gasteiger partial charge is 0.479 e. The molecule has 96 valence electrons. The van der Waals surface area contributed by atoms with Gasteiger partial charge in [0.2, 0.25) is 0 Å². The smallest absolute Gasteiger partial charge is 0.185 e. The van der Waals surface area contributed by atoms with Crippen molar-refractivity contribution >= 4 is 22.4 Å². The summed E-state index contributed by atoms with van der Waals surface area (Å²) in [5, 5.41) is 2.93. The van der Waals surface area contributed by atoms with Gasteiger partial charge in [0.25, 0.3) is 0 Å². The third-order valence-electron chi connectivity index (χ3n) is 2.80. The molecule has 19 heavy (non-hydrogen) atoms. The number of rotatable bonds is 4. The fraction of sp³-hybridized carbons (Fsp3) is 0.143. The second-order valence-corrected chi connectivity index (χ2v) is 5.00. The highest BCUT2D eigenvalue weighted by Crippen LogP contribution is 2.38. The maximum Gasteiger partial charge on any atom is 0.185 e. The third-order valence-corrected chi connectivity index (χ3v) is 3.80. The maximum atomic E-state index is 5.68.